The summed E-state index contributed by atoms with van der Waals surface area (Å²) in [6.45, 7) is 2.33. The predicted octanol–water partition coefficient (Wildman–Crippen LogP) is 1.36. The fraction of sp³-hybridized carbons (Fsp3) is 0.556. The average Bonchev–Trinajstić information content (AvgIpc) is 2.18. The van der Waals surface area contributed by atoms with Gasteiger partial charge < -0.3 is 10.6 Å². The van der Waals surface area contributed by atoms with Crippen LogP contribution in [0.2, 0.25) is 0 Å². The van der Waals surface area contributed by atoms with Crippen LogP contribution in [0.25, 0.3) is 0 Å². The Bertz CT molecular complexity index is 234. The molecule has 0 fully saturated rings. The van der Waals surface area contributed by atoms with Gasteiger partial charge in [-0.25, -0.2) is 0 Å². The fourth-order valence-electron chi connectivity index (χ4n) is 1.31. The van der Waals surface area contributed by atoms with Crippen LogP contribution < -0.4 is 5.73 Å². The van der Waals surface area contributed by atoms with E-state index in [1.54, 1.807) is 11.0 Å². The minimum absolute atomic E-state index is 0.0278. The molecule has 1 aliphatic heterocycles. The van der Waals surface area contributed by atoms with Crippen molar-refractivity contribution in [3.05, 3.63) is 23.9 Å². The first-order chi connectivity index (χ1) is 6.11. The predicted molar refractivity (Wildman–Crippen MR) is 48.5 cm³/mol. The second-order valence-corrected chi connectivity index (χ2v) is 2.93. The van der Waals surface area contributed by atoms with Gasteiger partial charge in [-0.1, -0.05) is 12.2 Å². The van der Waals surface area contributed by atoms with E-state index < -0.39 is 12.5 Å². The van der Waals surface area contributed by atoms with E-state index >= 15 is 0 Å². The normalized spacial score (nSPS) is 17.5. The minimum atomic E-state index is -2.90. The Kier molecular flexibility index (Phi) is 3.03. The molecule has 2 nitrogen and oxygen atoms in total. The second kappa shape index (κ2) is 3.87. The van der Waals surface area contributed by atoms with Crippen LogP contribution in [0.5, 0.6) is 0 Å². The largest absolute Gasteiger partial charge is 0.366 e. The molecule has 0 aromatic rings. The summed E-state index contributed by atoms with van der Waals surface area (Å²) in [7, 11) is 0. The third-order valence-electron chi connectivity index (χ3n) is 2.07. The molecule has 0 aliphatic carbocycles. The molecule has 1 rings (SSSR count). The Balaban J connectivity index is 2.86. The van der Waals surface area contributed by atoms with Crippen molar-refractivity contribution in [1.29, 1.82) is 0 Å². The van der Waals surface area contributed by atoms with Crippen LogP contribution in [-0.4, -0.2) is 30.5 Å². The maximum absolute atomic E-state index is 13.2. The van der Waals surface area contributed by atoms with Crippen molar-refractivity contribution in [2.45, 2.75) is 12.8 Å². The number of alkyl halides is 2. The van der Waals surface area contributed by atoms with Gasteiger partial charge in [0.2, 0.25) is 0 Å². The number of likely N-dealkylation sites (N-methyl/N-ethyl adjacent to an activating group) is 1. The van der Waals surface area contributed by atoms with E-state index in [9.17, 15) is 8.78 Å². The van der Waals surface area contributed by atoms with Gasteiger partial charge in [-0.2, -0.15) is 8.78 Å². The lowest BCUT2D eigenvalue weighted by atomic mass is 10.1. The molecule has 0 radical (unpaired) electrons. The van der Waals surface area contributed by atoms with Crippen molar-refractivity contribution in [1.82, 2.24) is 4.90 Å². The molecular formula is C9H14F2N2. The standard InChI is InChI=1S/C9H14F2N2/c1-2-13-6-4-3-5-8(13)9(10,11)7-12/h3-5H,2,6-7,12H2,1H3. The van der Waals surface area contributed by atoms with E-state index in [-0.39, 0.29) is 5.70 Å². The van der Waals surface area contributed by atoms with Crippen molar-refractivity contribution >= 4 is 0 Å². The summed E-state index contributed by atoms with van der Waals surface area (Å²) < 4.78 is 26.4. The van der Waals surface area contributed by atoms with E-state index in [1.807, 2.05) is 13.0 Å². The number of hydrogen-bond acceptors (Lipinski definition) is 2. The third kappa shape index (κ3) is 2.06. The van der Waals surface area contributed by atoms with Crippen LogP contribution in [0.4, 0.5) is 8.78 Å². The SMILES string of the molecule is CCN1CC=CC=C1C(F)(F)CN. The topological polar surface area (TPSA) is 29.3 Å². The zero-order valence-corrected chi connectivity index (χ0v) is 7.63. The zero-order valence-electron chi connectivity index (χ0n) is 7.63. The molecule has 0 spiro atoms. The summed E-state index contributed by atoms with van der Waals surface area (Å²) in [5.41, 5.74) is 5.04. The summed E-state index contributed by atoms with van der Waals surface area (Å²) in [5, 5.41) is 0. The van der Waals surface area contributed by atoms with Crippen LogP contribution in [-0.2, 0) is 0 Å². The molecule has 0 saturated carbocycles. The monoisotopic (exact) mass is 188 g/mol. The van der Waals surface area contributed by atoms with Gasteiger partial charge in [0.25, 0.3) is 5.92 Å². The summed E-state index contributed by atoms with van der Waals surface area (Å²) in [5.74, 6) is -2.90. The molecule has 0 bridgehead atoms. The van der Waals surface area contributed by atoms with Crippen molar-refractivity contribution in [2.24, 2.45) is 5.73 Å². The molecule has 13 heavy (non-hydrogen) atoms. The fourth-order valence-corrected chi connectivity index (χ4v) is 1.31. The second-order valence-electron chi connectivity index (χ2n) is 2.93. The summed E-state index contributed by atoms with van der Waals surface area (Å²) >= 11 is 0. The molecule has 0 atom stereocenters. The Morgan fingerprint density at radius 3 is 2.85 bits per heavy atom. The van der Waals surface area contributed by atoms with Crippen molar-refractivity contribution < 1.29 is 8.78 Å². The van der Waals surface area contributed by atoms with Gasteiger partial charge in [0, 0.05) is 13.1 Å². The highest BCUT2D eigenvalue weighted by Gasteiger charge is 2.35. The summed E-state index contributed by atoms with van der Waals surface area (Å²) in [6.07, 6.45) is 4.92. The number of nitrogens with two attached hydrogens (primary N) is 1. The molecule has 0 amide bonds. The molecule has 0 aromatic carbocycles. The number of hydrogen-bond donors (Lipinski definition) is 1. The average molecular weight is 188 g/mol. The highest BCUT2D eigenvalue weighted by atomic mass is 19.3. The summed E-state index contributed by atoms with van der Waals surface area (Å²) in [6, 6.07) is 0. The summed E-state index contributed by atoms with van der Waals surface area (Å²) in [4.78, 5) is 1.62. The Morgan fingerprint density at radius 1 is 1.62 bits per heavy atom. The van der Waals surface area contributed by atoms with Crippen LogP contribution in [0.1, 0.15) is 6.92 Å². The van der Waals surface area contributed by atoms with E-state index in [1.165, 1.54) is 6.08 Å². The third-order valence-corrected chi connectivity index (χ3v) is 2.07. The first-order valence-electron chi connectivity index (χ1n) is 4.32. The Morgan fingerprint density at radius 2 is 2.31 bits per heavy atom. The van der Waals surface area contributed by atoms with Gasteiger partial charge >= 0.3 is 0 Å². The maximum atomic E-state index is 13.2. The van der Waals surface area contributed by atoms with Gasteiger partial charge in [-0.15, -0.1) is 0 Å². The molecule has 0 saturated heterocycles. The molecule has 0 unspecified atom stereocenters. The lowest BCUT2D eigenvalue weighted by Crippen LogP contribution is -2.40. The number of rotatable bonds is 3. The van der Waals surface area contributed by atoms with Crippen LogP contribution in [0.3, 0.4) is 0 Å². The van der Waals surface area contributed by atoms with Crippen LogP contribution in [0.15, 0.2) is 23.9 Å². The van der Waals surface area contributed by atoms with E-state index in [0.29, 0.717) is 13.1 Å². The van der Waals surface area contributed by atoms with Crippen LogP contribution in [0, 0.1) is 0 Å². The quantitative estimate of drug-likeness (QED) is 0.724. The van der Waals surface area contributed by atoms with E-state index in [4.69, 9.17) is 5.73 Å². The van der Waals surface area contributed by atoms with Gasteiger partial charge in [-0.05, 0) is 13.0 Å². The molecular weight excluding hydrogens is 174 g/mol. The van der Waals surface area contributed by atoms with Crippen molar-refractivity contribution in [3.63, 3.8) is 0 Å². The smallest absolute Gasteiger partial charge is 0.299 e. The van der Waals surface area contributed by atoms with Gasteiger partial charge in [0.05, 0.1) is 12.2 Å². The first kappa shape index (κ1) is 10.2. The van der Waals surface area contributed by atoms with E-state index in [0.717, 1.165) is 0 Å². The lowest BCUT2D eigenvalue weighted by molar-refractivity contribution is 0.0218. The molecule has 4 heteroatoms. The minimum Gasteiger partial charge on any atom is -0.366 e. The van der Waals surface area contributed by atoms with Gasteiger partial charge in [0.1, 0.15) is 0 Å². The Labute approximate surface area is 76.7 Å². The molecule has 2 N–H and O–H groups in total. The Hall–Kier alpha value is -0.900. The van der Waals surface area contributed by atoms with Gasteiger partial charge in [-0.3, -0.25) is 0 Å². The zero-order chi connectivity index (χ0) is 9.90. The van der Waals surface area contributed by atoms with Gasteiger partial charge in [0.15, 0.2) is 0 Å². The number of halogens is 2. The first-order valence-corrected chi connectivity index (χ1v) is 4.32. The molecule has 1 aliphatic rings. The van der Waals surface area contributed by atoms with Crippen LogP contribution >= 0.6 is 0 Å². The van der Waals surface area contributed by atoms with Crippen molar-refractivity contribution in [2.75, 3.05) is 19.6 Å². The number of allylic oxidation sites excluding steroid dienone is 2. The maximum Gasteiger partial charge on any atom is 0.299 e. The highest BCUT2D eigenvalue weighted by Crippen LogP contribution is 2.27. The molecule has 74 valence electrons. The van der Waals surface area contributed by atoms with E-state index in [2.05, 4.69) is 0 Å². The highest BCUT2D eigenvalue weighted by molar-refractivity contribution is 5.23. The number of nitrogens with zero attached hydrogens (tertiary/aromatic N) is 1. The molecule has 1 heterocycles. The van der Waals surface area contributed by atoms with Crippen molar-refractivity contribution in [3.8, 4) is 0 Å². The lowest BCUT2D eigenvalue weighted by Gasteiger charge is -2.31. The molecule has 0 aromatic heterocycles.